The van der Waals surface area contributed by atoms with Gasteiger partial charge in [-0.05, 0) is 43.5 Å². The quantitative estimate of drug-likeness (QED) is 0.816. The predicted octanol–water partition coefficient (Wildman–Crippen LogP) is 4.03. The van der Waals surface area contributed by atoms with Crippen molar-refractivity contribution in [2.45, 2.75) is 19.3 Å². The van der Waals surface area contributed by atoms with Crippen molar-refractivity contribution in [2.75, 3.05) is 11.9 Å². The number of nitrogens with two attached hydrogens (primary N) is 1. The Kier molecular flexibility index (Phi) is 8.69. The number of anilines is 1. The first-order chi connectivity index (χ1) is 11.3. The Morgan fingerprint density at radius 1 is 1.20 bits per heavy atom. The van der Waals surface area contributed by atoms with Crippen LogP contribution in [0.15, 0.2) is 48.7 Å². The summed E-state index contributed by atoms with van der Waals surface area (Å²) in [6.45, 7) is 0.570. The highest BCUT2D eigenvalue weighted by Crippen LogP contribution is 2.32. The zero-order valence-corrected chi connectivity index (χ0v) is 15.4. The molecule has 25 heavy (non-hydrogen) atoms. The Morgan fingerprint density at radius 3 is 2.76 bits per heavy atom. The van der Waals surface area contributed by atoms with Crippen LogP contribution in [0, 0.1) is 11.8 Å². The summed E-state index contributed by atoms with van der Waals surface area (Å²) in [6.07, 6.45) is 4.70. The van der Waals surface area contributed by atoms with Gasteiger partial charge in [0, 0.05) is 29.9 Å². The minimum absolute atomic E-state index is 0. The molecule has 0 radical (unpaired) electrons. The van der Waals surface area contributed by atoms with Crippen molar-refractivity contribution < 1.29 is 9.53 Å². The normalized spacial score (nSPS) is 18.6. The zero-order chi connectivity index (χ0) is 16.1. The second-order valence-corrected chi connectivity index (χ2v) is 5.82. The van der Waals surface area contributed by atoms with Gasteiger partial charge in [0.1, 0.15) is 5.75 Å². The van der Waals surface area contributed by atoms with Crippen LogP contribution >= 0.6 is 24.8 Å². The number of carbonyl (C=O) groups is 1. The maximum Gasteiger partial charge on any atom is 0.227 e. The molecule has 1 aliphatic rings. The maximum absolute atomic E-state index is 12.4. The van der Waals surface area contributed by atoms with Crippen LogP contribution in [-0.4, -0.2) is 17.4 Å². The van der Waals surface area contributed by atoms with Gasteiger partial charge >= 0.3 is 0 Å². The second-order valence-electron chi connectivity index (χ2n) is 5.82. The Morgan fingerprint density at radius 2 is 2.04 bits per heavy atom. The van der Waals surface area contributed by atoms with Crippen molar-refractivity contribution >= 4 is 36.4 Å². The lowest BCUT2D eigenvalue weighted by Gasteiger charge is -2.17. The lowest BCUT2D eigenvalue weighted by atomic mass is 9.95. The Hall–Kier alpha value is -1.82. The van der Waals surface area contributed by atoms with Gasteiger partial charge in [-0.2, -0.15) is 0 Å². The molecule has 0 bridgehead atoms. The van der Waals surface area contributed by atoms with Gasteiger partial charge in [-0.25, -0.2) is 4.98 Å². The van der Waals surface area contributed by atoms with Crippen LogP contribution in [0.2, 0.25) is 0 Å². The first-order valence-corrected chi connectivity index (χ1v) is 7.96. The molecule has 1 aliphatic carbocycles. The minimum atomic E-state index is 0. The molecule has 5 nitrogen and oxygen atoms in total. The van der Waals surface area contributed by atoms with E-state index in [9.17, 15) is 4.79 Å². The smallest absolute Gasteiger partial charge is 0.227 e. The van der Waals surface area contributed by atoms with E-state index in [4.69, 9.17) is 10.5 Å². The molecule has 1 saturated carbocycles. The third-order valence-corrected chi connectivity index (χ3v) is 4.26. The number of hydrogen-bond acceptors (Lipinski definition) is 4. The number of benzene rings is 1. The Labute approximate surface area is 160 Å². The van der Waals surface area contributed by atoms with Crippen LogP contribution in [0.4, 0.5) is 5.69 Å². The zero-order valence-electron chi connectivity index (χ0n) is 13.8. The number of aromatic nitrogens is 1. The number of carbonyl (C=O) groups excluding carboxylic acids is 1. The van der Waals surface area contributed by atoms with Crippen molar-refractivity contribution in [1.29, 1.82) is 0 Å². The topological polar surface area (TPSA) is 77.2 Å². The van der Waals surface area contributed by atoms with E-state index in [0.717, 1.165) is 24.9 Å². The molecule has 1 aromatic heterocycles. The van der Waals surface area contributed by atoms with E-state index in [2.05, 4.69) is 10.3 Å². The second kappa shape index (κ2) is 10.2. The van der Waals surface area contributed by atoms with Gasteiger partial charge in [-0.3, -0.25) is 4.79 Å². The van der Waals surface area contributed by atoms with Gasteiger partial charge in [-0.15, -0.1) is 24.8 Å². The lowest BCUT2D eigenvalue weighted by molar-refractivity contribution is -0.120. The van der Waals surface area contributed by atoms with E-state index in [1.165, 1.54) is 0 Å². The summed E-state index contributed by atoms with van der Waals surface area (Å²) >= 11 is 0. The van der Waals surface area contributed by atoms with Crippen molar-refractivity contribution in [3.05, 3.63) is 48.7 Å². The average Bonchev–Trinajstić information content (AvgIpc) is 3.05. The summed E-state index contributed by atoms with van der Waals surface area (Å²) in [7, 11) is 0. The fourth-order valence-electron chi connectivity index (χ4n) is 3.06. The fraction of sp³-hybridized carbons (Fsp3) is 0.333. The highest BCUT2D eigenvalue weighted by molar-refractivity contribution is 5.93. The molecule has 136 valence electrons. The van der Waals surface area contributed by atoms with Gasteiger partial charge in [0.05, 0.1) is 0 Å². The van der Waals surface area contributed by atoms with Gasteiger partial charge < -0.3 is 15.8 Å². The van der Waals surface area contributed by atoms with E-state index in [0.29, 0.717) is 24.1 Å². The number of nitrogens with one attached hydrogen (secondary N) is 1. The molecule has 3 rings (SSSR count). The average molecular weight is 384 g/mol. The largest absolute Gasteiger partial charge is 0.439 e. The third kappa shape index (κ3) is 5.59. The van der Waals surface area contributed by atoms with Gasteiger partial charge in [-0.1, -0.05) is 18.6 Å². The number of nitrogens with zero attached hydrogens (tertiary/aromatic N) is 1. The third-order valence-electron chi connectivity index (χ3n) is 4.26. The molecule has 3 N–H and O–H groups in total. The molecule has 1 fully saturated rings. The molecule has 2 atom stereocenters. The Bertz CT molecular complexity index is 670. The van der Waals surface area contributed by atoms with Crippen molar-refractivity contribution in [3.8, 4) is 11.6 Å². The molecule has 0 saturated heterocycles. The van der Waals surface area contributed by atoms with E-state index in [1.807, 2.05) is 30.3 Å². The van der Waals surface area contributed by atoms with Crippen LogP contribution in [0.5, 0.6) is 11.6 Å². The van der Waals surface area contributed by atoms with Crippen LogP contribution in [-0.2, 0) is 4.79 Å². The molecule has 0 unspecified atom stereocenters. The van der Waals surface area contributed by atoms with E-state index in [-0.39, 0.29) is 36.6 Å². The molecular weight excluding hydrogens is 361 g/mol. The predicted molar refractivity (Wildman–Crippen MR) is 104 cm³/mol. The number of halogens is 2. The molecule has 0 spiro atoms. The van der Waals surface area contributed by atoms with E-state index >= 15 is 0 Å². The number of hydrogen-bond donors (Lipinski definition) is 2. The highest BCUT2D eigenvalue weighted by atomic mass is 35.5. The molecule has 1 heterocycles. The highest BCUT2D eigenvalue weighted by Gasteiger charge is 2.31. The standard InChI is InChI=1S/C18H21N3O2.2ClH/c19-12-13-5-3-8-16(13)18(22)21-14-6-4-7-15(11-14)23-17-9-1-2-10-20-17;;/h1-2,4,6-7,9-11,13,16H,3,5,8,12,19H2,(H,21,22);2*1H/t13-,16-;;/m1../s1. The van der Waals surface area contributed by atoms with Crippen LogP contribution in [0.1, 0.15) is 19.3 Å². The molecular formula is C18H23Cl2N3O2. The van der Waals surface area contributed by atoms with Crippen molar-refractivity contribution in [1.82, 2.24) is 4.98 Å². The molecule has 7 heteroatoms. The van der Waals surface area contributed by atoms with Crippen LogP contribution in [0.3, 0.4) is 0 Å². The van der Waals surface area contributed by atoms with Crippen LogP contribution < -0.4 is 15.8 Å². The summed E-state index contributed by atoms with van der Waals surface area (Å²) in [5.74, 6) is 1.52. The molecule has 1 aromatic carbocycles. The SMILES string of the molecule is Cl.Cl.NC[C@H]1CCC[C@H]1C(=O)Nc1cccc(Oc2ccccn2)c1. The number of rotatable bonds is 5. The van der Waals surface area contributed by atoms with Gasteiger partial charge in [0.25, 0.3) is 0 Å². The maximum atomic E-state index is 12.4. The summed E-state index contributed by atoms with van der Waals surface area (Å²) in [6, 6.07) is 12.8. The number of ether oxygens (including phenoxy) is 1. The van der Waals surface area contributed by atoms with Crippen molar-refractivity contribution in [2.24, 2.45) is 17.6 Å². The minimum Gasteiger partial charge on any atom is -0.439 e. The molecule has 2 aromatic rings. The summed E-state index contributed by atoms with van der Waals surface area (Å²) in [4.78, 5) is 16.6. The van der Waals surface area contributed by atoms with Crippen LogP contribution in [0.25, 0.3) is 0 Å². The molecule has 1 amide bonds. The summed E-state index contributed by atoms with van der Waals surface area (Å²) in [5, 5.41) is 2.98. The summed E-state index contributed by atoms with van der Waals surface area (Å²) in [5.41, 5.74) is 6.49. The summed E-state index contributed by atoms with van der Waals surface area (Å²) < 4.78 is 5.69. The molecule has 0 aliphatic heterocycles. The number of amides is 1. The van der Waals surface area contributed by atoms with E-state index in [1.54, 1.807) is 18.3 Å². The van der Waals surface area contributed by atoms with E-state index < -0.39 is 0 Å². The first kappa shape index (κ1) is 21.2. The Balaban J connectivity index is 0.00000156. The van der Waals surface area contributed by atoms with Gasteiger partial charge in [0.15, 0.2) is 0 Å². The van der Waals surface area contributed by atoms with Gasteiger partial charge in [0.2, 0.25) is 11.8 Å². The fourth-order valence-corrected chi connectivity index (χ4v) is 3.06. The first-order valence-electron chi connectivity index (χ1n) is 7.96. The van der Waals surface area contributed by atoms with Crippen molar-refractivity contribution in [3.63, 3.8) is 0 Å². The lowest BCUT2D eigenvalue weighted by Crippen LogP contribution is -2.29. The number of pyridine rings is 1. The monoisotopic (exact) mass is 383 g/mol.